The van der Waals surface area contributed by atoms with E-state index in [0.717, 1.165) is 27.8 Å². The zero-order valence-corrected chi connectivity index (χ0v) is 32.8. The van der Waals surface area contributed by atoms with Crippen LogP contribution in [-0.4, -0.2) is 11.7 Å². The average molecular weight is 740 g/mol. The number of rotatable bonds is 7. The lowest BCUT2D eigenvalue weighted by Gasteiger charge is -2.28. The van der Waals surface area contributed by atoms with Crippen LogP contribution in [-0.2, 0) is 5.41 Å². The molecule has 54 heavy (non-hydrogen) atoms. The Kier molecular flexibility index (Phi) is 8.60. The molecule has 3 aromatic heterocycles. The molecule has 0 bridgehead atoms. The van der Waals surface area contributed by atoms with E-state index >= 15 is 0 Å². The van der Waals surface area contributed by atoms with Gasteiger partial charge >= 0.3 is 0 Å². The van der Waals surface area contributed by atoms with Crippen LogP contribution in [0.15, 0.2) is 156 Å². The zero-order chi connectivity index (χ0) is 37.0. The van der Waals surface area contributed by atoms with Crippen LogP contribution in [0.4, 0.5) is 11.4 Å². The lowest BCUT2D eigenvalue weighted by atomic mass is 9.87. The van der Waals surface area contributed by atoms with Crippen LogP contribution >= 0.6 is 22.7 Å². The smallest absolute Gasteiger partial charge is 0.182 e. The Morgan fingerprint density at radius 3 is 2.04 bits per heavy atom. The summed E-state index contributed by atoms with van der Waals surface area (Å²) in [7, 11) is 0. The third kappa shape index (κ3) is 6.15. The predicted molar refractivity (Wildman–Crippen MR) is 231 cm³/mol. The fraction of sp³-hybridized carbons (Fsp3) is 0.146. The molecule has 0 unspecified atom stereocenters. The molecule has 4 nitrogen and oxygen atoms in total. The molecular weight excluding hydrogens is 699 g/mol. The van der Waals surface area contributed by atoms with Crippen molar-refractivity contribution in [2.24, 2.45) is 0 Å². The van der Waals surface area contributed by atoms with Crippen molar-refractivity contribution in [2.75, 3.05) is 16.5 Å². The van der Waals surface area contributed by atoms with Crippen molar-refractivity contribution in [3.63, 3.8) is 0 Å². The van der Waals surface area contributed by atoms with E-state index in [0.29, 0.717) is 6.67 Å². The lowest BCUT2D eigenvalue weighted by molar-refractivity contribution is 0.497. The summed E-state index contributed by atoms with van der Waals surface area (Å²) >= 11 is 3.48. The molecule has 0 aliphatic carbocycles. The highest BCUT2D eigenvalue weighted by atomic mass is 32.1. The number of hydrogen-bond acceptors (Lipinski definition) is 6. The Hall–Kier alpha value is -5.69. The molecule has 8 aromatic rings. The molecule has 1 aliphatic heterocycles. The number of benzene rings is 5. The highest BCUT2D eigenvalue weighted by Crippen LogP contribution is 2.47. The van der Waals surface area contributed by atoms with Crippen LogP contribution in [0.25, 0.3) is 53.7 Å². The molecule has 1 aliphatic rings. The molecule has 5 aromatic carbocycles. The summed E-state index contributed by atoms with van der Waals surface area (Å²) in [6.07, 6.45) is 1.94. The minimum Gasteiger partial charge on any atom is -0.447 e. The van der Waals surface area contributed by atoms with Gasteiger partial charge in [-0.15, -0.1) is 11.3 Å². The van der Waals surface area contributed by atoms with Crippen molar-refractivity contribution in [1.29, 1.82) is 0 Å². The van der Waals surface area contributed by atoms with Crippen molar-refractivity contribution >= 4 is 54.2 Å². The molecule has 0 radical (unpaired) electrons. The first kappa shape index (κ1) is 34.1. The van der Waals surface area contributed by atoms with E-state index in [1.165, 1.54) is 65.1 Å². The second-order valence-electron chi connectivity index (χ2n) is 14.9. The molecule has 266 valence electrons. The maximum Gasteiger partial charge on any atom is 0.182 e. The van der Waals surface area contributed by atoms with Gasteiger partial charge in [0, 0.05) is 72.3 Å². The topological polar surface area (TPSA) is 28.6 Å². The molecule has 4 heterocycles. The van der Waals surface area contributed by atoms with Gasteiger partial charge in [0.05, 0.1) is 18.1 Å². The van der Waals surface area contributed by atoms with Crippen LogP contribution in [0.5, 0.6) is 10.8 Å². The molecule has 0 fully saturated rings. The summed E-state index contributed by atoms with van der Waals surface area (Å²) in [6, 6.07) is 47.7. The van der Waals surface area contributed by atoms with Crippen molar-refractivity contribution in [1.82, 2.24) is 4.98 Å². The molecule has 0 atom stereocenters. The third-order valence-corrected chi connectivity index (χ3v) is 12.5. The molecule has 0 spiro atoms. The van der Waals surface area contributed by atoms with Gasteiger partial charge in [0.1, 0.15) is 5.75 Å². The average Bonchev–Trinajstić information content (AvgIpc) is 3.92. The van der Waals surface area contributed by atoms with Gasteiger partial charge in [0.2, 0.25) is 0 Å². The van der Waals surface area contributed by atoms with Crippen LogP contribution < -0.4 is 14.5 Å². The highest BCUT2D eigenvalue weighted by Gasteiger charge is 2.30. The number of hydrogen-bond donors (Lipinski definition) is 0. The molecule has 9 rings (SSSR count). The standard InChI is InChI=1S/C48H41N3OS2/c1-31-32(2)51(46-38(33-14-8-6-9-15-33)20-13-21-39(46)34-16-10-7-11-17-34)30-50(31)36-18-12-19-37(27-36)52-45-29-42-41(28-44-40(23-25-53-44)47(42)54-45)43-26-35(22-24-49-43)48(3,4)5/h6-29H,30H2,1-5H3. The molecular formula is C48H41N3OS2. The normalized spacial score (nSPS) is 13.4. The number of ether oxygens (including phenoxy) is 1. The second-order valence-corrected chi connectivity index (χ2v) is 16.9. The summed E-state index contributed by atoms with van der Waals surface area (Å²) < 4.78 is 9.22. The lowest BCUT2D eigenvalue weighted by Crippen LogP contribution is -2.27. The first-order valence-electron chi connectivity index (χ1n) is 18.4. The number of thiophene rings is 2. The van der Waals surface area contributed by atoms with Crippen LogP contribution in [0.3, 0.4) is 0 Å². The molecule has 0 saturated heterocycles. The predicted octanol–water partition coefficient (Wildman–Crippen LogP) is 14.1. The van der Waals surface area contributed by atoms with E-state index in [-0.39, 0.29) is 5.41 Å². The summed E-state index contributed by atoms with van der Waals surface area (Å²) in [5.74, 6) is 0.814. The highest BCUT2D eigenvalue weighted by molar-refractivity contribution is 7.23. The summed E-state index contributed by atoms with van der Waals surface area (Å²) in [5.41, 5.74) is 13.0. The number of para-hydroxylation sites is 1. The second kappa shape index (κ2) is 13.6. The monoisotopic (exact) mass is 739 g/mol. The molecule has 6 heteroatoms. The summed E-state index contributed by atoms with van der Waals surface area (Å²) in [6.45, 7) is 11.9. The fourth-order valence-electron chi connectivity index (χ4n) is 7.53. The Labute approximate surface area is 325 Å². The minimum absolute atomic E-state index is 0.0334. The van der Waals surface area contributed by atoms with Crippen molar-refractivity contribution in [3.8, 4) is 44.3 Å². The Morgan fingerprint density at radius 2 is 1.33 bits per heavy atom. The Bertz CT molecular complexity index is 2630. The van der Waals surface area contributed by atoms with Gasteiger partial charge < -0.3 is 14.5 Å². The minimum atomic E-state index is 0.0334. The molecule has 0 amide bonds. The van der Waals surface area contributed by atoms with Crippen molar-refractivity contribution < 1.29 is 4.74 Å². The number of aromatic nitrogens is 1. The van der Waals surface area contributed by atoms with E-state index in [4.69, 9.17) is 9.72 Å². The van der Waals surface area contributed by atoms with Crippen molar-refractivity contribution in [2.45, 2.75) is 40.0 Å². The van der Waals surface area contributed by atoms with Crippen LogP contribution in [0, 0.1) is 0 Å². The van der Waals surface area contributed by atoms with E-state index in [9.17, 15) is 0 Å². The van der Waals surface area contributed by atoms with Crippen molar-refractivity contribution in [3.05, 3.63) is 162 Å². The van der Waals surface area contributed by atoms with E-state index in [1.807, 2.05) is 6.20 Å². The van der Waals surface area contributed by atoms with Crippen LogP contribution in [0.1, 0.15) is 40.2 Å². The third-order valence-electron chi connectivity index (χ3n) is 10.6. The SMILES string of the molecule is CC1=C(C)N(c2c(-c3ccccc3)cccc2-c2ccccc2)CN1c1cccc(Oc2cc3c(-c4cc(C(C)(C)C)ccn4)cc4sccc4c3s2)c1. The van der Waals surface area contributed by atoms with Gasteiger partial charge in [-0.2, -0.15) is 0 Å². The van der Waals surface area contributed by atoms with Gasteiger partial charge in [0.25, 0.3) is 0 Å². The van der Waals surface area contributed by atoms with Crippen LogP contribution in [0.2, 0.25) is 0 Å². The first-order valence-corrected chi connectivity index (χ1v) is 20.1. The number of allylic oxidation sites excluding steroid dienone is 2. The summed E-state index contributed by atoms with van der Waals surface area (Å²) in [4.78, 5) is 9.72. The largest absolute Gasteiger partial charge is 0.447 e. The van der Waals surface area contributed by atoms with Gasteiger partial charge in [-0.1, -0.05) is 117 Å². The van der Waals surface area contributed by atoms with E-state index in [2.05, 4.69) is 183 Å². The molecule has 0 N–H and O–H groups in total. The van der Waals surface area contributed by atoms with E-state index < -0.39 is 0 Å². The van der Waals surface area contributed by atoms with Gasteiger partial charge in [-0.25, -0.2) is 0 Å². The Morgan fingerprint density at radius 1 is 0.648 bits per heavy atom. The molecule has 0 saturated carbocycles. The number of fused-ring (bicyclic) bond motifs is 3. The number of nitrogens with zero attached hydrogens (tertiary/aromatic N) is 3. The maximum absolute atomic E-state index is 6.73. The van der Waals surface area contributed by atoms with Gasteiger partial charge in [-0.05, 0) is 77.7 Å². The van der Waals surface area contributed by atoms with E-state index in [1.54, 1.807) is 22.7 Å². The van der Waals surface area contributed by atoms with Gasteiger partial charge in [0.15, 0.2) is 5.06 Å². The quantitative estimate of drug-likeness (QED) is 0.163. The number of pyridine rings is 1. The maximum atomic E-state index is 6.73. The zero-order valence-electron chi connectivity index (χ0n) is 31.1. The fourth-order valence-corrected chi connectivity index (χ4v) is 9.51. The van der Waals surface area contributed by atoms with Gasteiger partial charge in [-0.3, -0.25) is 4.98 Å². The number of anilines is 2. The first-order chi connectivity index (χ1) is 26.2. The summed E-state index contributed by atoms with van der Waals surface area (Å²) in [5, 5.41) is 5.48. The Balaban J connectivity index is 1.07.